The number of halogens is 3. The Hall–Kier alpha value is -2.24. The lowest BCUT2D eigenvalue weighted by molar-refractivity contribution is -0.274. The molecule has 0 unspecified atom stereocenters. The number of aromatic nitrogens is 1. The van der Waals surface area contributed by atoms with E-state index in [2.05, 4.69) is 15.0 Å². The van der Waals surface area contributed by atoms with E-state index in [1.54, 1.807) is 18.5 Å². The van der Waals surface area contributed by atoms with E-state index in [-0.39, 0.29) is 5.75 Å². The van der Waals surface area contributed by atoms with Gasteiger partial charge in [-0.3, -0.25) is 4.98 Å². The highest BCUT2D eigenvalue weighted by atomic mass is 19.4. The van der Waals surface area contributed by atoms with Gasteiger partial charge in [0.2, 0.25) is 0 Å². The maximum Gasteiger partial charge on any atom is 0.573 e. The molecule has 0 aliphatic heterocycles. The normalized spacial score (nSPS) is 11.2. The minimum atomic E-state index is -4.68. The molecular formula is C14H13F3N2O. The van der Waals surface area contributed by atoms with Crippen molar-refractivity contribution in [3.63, 3.8) is 0 Å². The molecule has 0 atom stereocenters. The fourth-order valence-corrected chi connectivity index (χ4v) is 1.68. The van der Waals surface area contributed by atoms with E-state index in [0.29, 0.717) is 12.2 Å². The van der Waals surface area contributed by atoms with Crippen LogP contribution in [0.25, 0.3) is 0 Å². The minimum Gasteiger partial charge on any atom is -0.406 e. The van der Waals surface area contributed by atoms with Crippen LogP contribution in [0.15, 0.2) is 42.7 Å². The maximum atomic E-state index is 12.1. The van der Waals surface area contributed by atoms with E-state index in [1.807, 2.05) is 13.0 Å². The van der Waals surface area contributed by atoms with Gasteiger partial charge in [0.15, 0.2) is 0 Å². The van der Waals surface area contributed by atoms with Crippen molar-refractivity contribution < 1.29 is 17.9 Å². The molecular weight excluding hydrogens is 269 g/mol. The second-order valence-electron chi connectivity index (χ2n) is 4.23. The zero-order valence-corrected chi connectivity index (χ0v) is 10.7. The fourth-order valence-electron chi connectivity index (χ4n) is 1.68. The van der Waals surface area contributed by atoms with Crippen LogP contribution in [0.4, 0.5) is 18.9 Å². The van der Waals surface area contributed by atoms with Crippen LogP contribution >= 0.6 is 0 Å². The van der Waals surface area contributed by atoms with Gasteiger partial charge in [-0.2, -0.15) is 0 Å². The Kier molecular flexibility index (Phi) is 4.12. The lowest BCUT2D eigenvalue weighted by atomic mass is 10.1. The number of hydrogen-bond acceptors (Lipinski definition) is 3. The molecule has 3 nitrogen and oxygen atoms in total. The fraction of sp³-hybridized carbons (Fsp3) is 0.214. The Morgan fingerprint density at radius 2 is 2.05 bits per heavy atom. The molecule has 0 saturated carbocycles. The number of alkyl halides is 3. The van der Waals surface area contributed by atoms with Crippen molar-refractivity contribution in [2.24, 2.45) is 0 Å². The van der Waals surface area contributed by atoms with Crippen molar-refractivity contribution in [1.29, 1.82) is 0 Å². The van der Waals surface area contributed by atoms with Crippen LogP contribution in [0.2, 0.25) is 0 Å². The van der Waals surface area contributed by atoms with Gasteiger partial charge in [-0.05, 0) is 36.2 Å². The number of benzene rings is 1. The average molecular weight is 282 g/mol. The molecule has 0 aliphatic carbocycles. The summed E-state index contributed by atoms with van der Waals surface area (Å²) in [4.78, 5) is 4.01. The average Bonchev–Trinajstić information content (AvgIpc) is 2.36. The predicted molar refractivity (Wildman–Crippen MR) is 69.4 cm³/mol. The molecule has 1 aromatic carbocycles. The van der Waals surface area contributed by atoms with Crippen LogP contribution in [0.1, 0.15) is 11.1 Å². The smallest absolute Gasteiger partial charge is 0.406 e. The van der Waals surface area contributed by atoms with Crippen LogP contribution < -0.4 is 10.1 Å². The molecule has 1 heterocycles. The third kappa shape index (κ3) is 4.15. The van der Waals surface area contributed by atoms with Gasteiger partial charge in [-0.15, -0.1) is 13.2 Å². The number of rotatable bonds is 4. The Morgan fingerprint density at radius 1 is 1.25 bits per heavy atom. The SMILES string of the molecule is Cc1ccncc1CNc1cccc(OC(F)(F)F)c1. The first kappa shape index (κ1) is 14.2. The topological polar surface area (TPSA) is 34.2 Å². The molecule has 0 amide bonds. The van der Waals surface area contributed by atoms with E-state index >= 15 is 0 Å². The van der Waals surface area contributed by atoms with Crippen molar-refractivity contribution in [3.05, 3.63) is 53.9 Å². The Balaban J connectivity index is 2.03. The second-order valence-corrected chi connectivity index (χ2v) is 4.23. The van der Waals surface area contributed by atoms with E-state index < -0.39 is 6.36 Å². The third-order valence-electron chi connectivity index (χ3n) is 2.70. The summed E-state index contributed by atoms with van der Waals surface area (Å²) >= 11 is 0. The van der Waals surface area contributed by atoms with Crippen LogP contribution in [0, 0.1) is 6.92 Å². The number of hydrogen-bond donors (Lipinski definition) is 1. The first-order valence-electron chi connectivity index (χ1n) is 5.93. The lowest BCUT2D eigenvalue weighted by Crippen LogP contribution is -2.17. The largest absolute Gasteiger partial charge is 0.573 e. The molecule has 2 aromatic rings. The Labute approximate surface area is 114 Å². The molecule has 6 heteroatoms. The molecule has 1 aromatic heterocycles. The van der Waals surface area contributed by atoms with Gasteiger partial charge in [0, 0.05) is 30.7 Å². The minimum absolute atomic E-state index is 0.245. The molecule has 0 aliphatic rings. The number of ether oxygens (including phenoxy) is 1. The van der Waals surface area contributed by atoms with Crippen LogP contribution in [-0.4, -0.2) is 11.3 Å². The zero-order chi connectivity index (χ0) is 14.6. The number of pyridine rings is 1. The highest BCUT2D eigenvalue weighted by Gasteiger charge is 2.31. The van der Waals surface area contributed by atoms with Crippen molar-refractivity contribution in [2.45, 2.75) is 19.8 Å². The molecule has 0 spiro atoms. The molecule has 1 N–H and O–H groups in total. The monoisotopic (exact) mass is 282 g/mol. The van der Waals surface area contributed by atoms with Gasteiger partial charge in [-0.1, -0.05) is 6.07 Å². The number of nitrogens with zero attached hydrogens (tertiary/aromatic N) is 1. The summed E-state index contributed by atoms with van der Waals surface area (Å²) in [6, 6.07) is 7.61. The number of anilines is 1. The summed E-state index contributed by atoms with van der Waals surface area (Å²) < 4.78 is 40.2. The number of aryl methyl sites for hydroxylation is 1. The number of nitrogens with one attached hydrogen (secondary N) is 1. The lowest BCUT2D eigenvalue weighted by Gasteiger charge is -2.12. The molecule has 0 radical (unpaired) electrons. The Bertz CT molecular complexity index is 585. The Morgan fingerprint density at radius 3 is 2.75 bits per heavy atom. The predicted octanol–water partition coefficient (Wildman–Crippen LogP) is 3.90. The summed E-state index contributed by atoms with van der Waals surface area (Å²) in [6.07, 6.45) is -1.27. The van der Waals surface area contributed by atoms with Gasteiger partial charge in [0.25, 0.3) is 0 Å². The van der Waals surface area contributed by atoms with Gasteiger partial charge < -0.3 is 10.1 Å². The first-order chi connectivity index (χ1) is 9.44. The molecule has 0 fully saturated rings. The molecule has 0 bridgehead atoms. The summed E-state index contributed by atoms with van der Waals surface area (Å²) in [5, 5.41) is 3.04. The van der Waals surface area contributed by atoms with Gasteiger partial charge >= 0.3 is 6.36 Å². The second kappa shape index (κ2) is 5.81. The zero-order valence-electron chi connectivity index (χ0n) is 10.7. The van der Waals surface area contributed by atoms with Crippen molar-refractivity contribution >= 4 is 5.69 Å². The summed E-state index contributed by atoms with van der Waals surface area (Å²) in [5.74, 6) is -0.245. The van der Waals surface area contributed by atoms with Crippen LogP contribution in [0.5, 0.6) is 5.75 Å². The molecule has 0 saturated heterocycles. The van der Waals surface area contributed by atoms with Crippen molar-refractivity contribution in [2.75, 3.05) is 5.32 Å². The molecule has 2 rings (SSSR count). The summed E-state index contributed by atoms with van der Waals surface area (Å²) in [6.45, 7) is 2.43. The third-order valence-corrected chi connectivity index (χ3v) is 2.70. The van der Waals surface area contributed by atoms with Gasteiger partial charge in [-0.25, -0.2) is 0 Å². The van der Waals surface area contributed by atoms with Gasteiger partial charge in [0.05, 0.1) is 0 Å². The summed E-state index contributed by atoms with van der Waals surface area (Å²) in [7, 11) is 0. The quantitative estimate of drug-likeness (QED) is 0.923. The molecule has 20 heavy (non-hydrogen) atoms. The highest BCUT2D eigenvalue weighted by Crippen LogP contribution is 2.25. The first-order valence-corrected chi connectivity index (χ1v) is 5.93. The van der Waals surface area contributed by atoms with Crippen LogP contribution in [0.3, 0.4) is 0 Å². The van der Waals surface area contributed by atoms with E-state index in [0.717, 1.165) is 11.1 Å². The molecule has 106 valence electrons. The van der Waals surface area contributed by atoms with Crippen molar-refractivity contribution in [3.8, 4) is 5.75 Å². The van der Waals surface area contributed by atoms with E-state index in [9.17, 15) is 13.2 Å². The van der Waals surface area contributed by atoms with Gasteiger partial charge in [0.1, 0.15) is 5.75 Å². The van der Waals surface area contributed by atoms with E-state index in [1.165, 1.54) is 18.2 Å². The standard InChI is InChI=1S/C14H13F3N2O/c1-10-5-6-18-8-11(10)9-19-12-3-2-4-13(7-12)20-14(15,16)17/h2-8,19H,9H2,1H3. The summed E-state index contributed by atoms with van der Waals surface area (Å²) in [5.41, 5.74) is 2.60. The highest BCUT2D eigenvalue weighted by molar-refractivity contribution is 5.48. The van der Waals surface area contributed by atoms with Crippen molar-refractivity contribution in [1.82, 2.24) is 4.98 Å². The maximum absolute atomic E-state index is 12.1. The van der Waals surface area contributed by atoms with Crippen LogP contribution in [-0.2, 0) is 6.54 Å². The van der Waals surface area contributed by atoms with E-state index in [4.69, 9.17) is 0 Å².